The van der Waals surface area contributed by atoms with Gasteiger partial charge in [0.2, 0.25) is 0 Å². The van der Waals surface area contributed by atoms with Crippen molar-refractivity contribution in [1.29, 1.82) is 0 Å². The Morgan fingerprint density at radius 1 is 0.333 bits per heavy atom. The molecule has 0 aliphatic heterocycles. The van der Waals surface area contributed by atoms with Crippen molar-refractivity contribution in [2.45, 2.75) is 405 Å². The number of nitrogens with two attached hydrogens (primary N) is 1. The minimum absolute atomic E-state index is 0.0543. The molecular formula is C83H152NO8P. The first kappa shape index (κ1) is 90.2. The number of hydrogen-bond acceptors (Lipinski definition) is 8. The van der Waals surface area contributed by atoms with Crippen molar-refractivity contribution in [3.63, 3.8) is 0 Å². The smallest absolute Gasteiger partial charge is 0.462 e. The number of unbranched alkanes of at least 4 members (excludes halogenated alkanes) is 49. The Morgan fingerprint density at radius 2 is 0.591 bits per heavy atom. The zero-order chi connectivity index (χ0) is 67.2. The fourth-order valence-corrected chi connectivity index (χ4v) is 12.6. The number of carbonyl (C=O) groups is 2. The molecule has 0 spiro atoms. The third-order valence-electron chi connectivity index (χ3n) is 17.8. The molecule has 0 saturated heterocycles. The van der Waals surface area contributed by atoms with Gasteiger partial charge in [-0.1, -0.05) is 381 Å². The maximum atomic E-state index is 12.8. The minimum atomic E-state index is -4.40. The Kier molecular flexibility index (Phi) is 75.8. The third-order valence-corrected chi connectivity index (χ3v) is 18.7. The largest absolute Gasteiger partial charge is 0.472 e. The molecule has 0 aliphatic rings. The summed E-state index contributed by atoms with van der Waals surface area (Å²) < 4.78 is 33.3. The van der Waals surface area contributed by atoms with Crippen molar-refractivity contribution in [3.05, 3.63) is 85.1 Å². The molecule has 0 amide bonds. The zero-order valence-electron chi connectivity index (χ0n) is 61.2. The van der Waals surface area contributed by atoms with Gasteiger partial charge in [-0.15, -0.1) is 0 Å². The molecule has 0 aromatic carbocycles. The van der Waals surface area contributed by atoms with Crippen LogP contribution in [0.5, 0.6) is 0 Å². The normalized spacial score (nSPS) is 13.3. The fourth-order valence-electron chi connectivity index (χ4n) is 11.9. The van der Waals surface area contributed by atoms with Gasteiger partial charge in [-0.05, 0) is 89.9 Å². The molecule has 0 aliphatic carbocycles. The molecule has 0 saturated carbocycles. The van der Waals surface area contributed by atoms with E-state index in [4.69, 9.17) is 24.3 Å². The Hall–Kier alpha value is -2.81. The summed E-state index contributed by atoms with van der Waals surface area (Å²) in [6.45, 7) is 3.68. The Balaban J connectivity index is 3.77. The molecule has 10 heteroatoms. The highest BCUT2D eigenvalue weighted by molar-refractivity contribution is 7.47. The van der Waals surface area contributed by atoms with Crippen LogP contribution >= 0.6 is 7.82 Å². The number of esters is 2. The second kappa shape index (κ2) is 78.2. The zero-order valence-corrected chi connectivity index (χ0v) is 62.1. The average Bonchev–Trinajstić information content (AvgIpc) is 3.70. The van der Waals surface area contributed by atoms with Gasteiger partial charge in [0.15, 0.2) is 6.10 Å². The number of allylic oxidation sites excluding steroid dienone is 14. The van der Waals surface area contributed by atoms with Gasteiger partial charge in [0.25, 0.3) is 0 Å². The Bertz CT molecular complexity index is 1810. The van der Waals surface area contributed by atoms with Gasteiger partial charge in [-0.2, -0.15) is 0 Å². The van der Waals surface area contributed by atoms with Crippen LogP contribution < -0.4 is 5.73 Å². The molecule has 0 radical (unpaired) electrons. The molecule has 0 aromatic rings. The number of phosphoric ester groups is 1. The number of phosphoric acid groups is 1. The molecule has 2 atom stereocenters. The Labute approximate surface area is 576 Å². The maximum absolute atomic E-state index is 12.8. The average molecular weight is 1320 g/mol. The van der Waals surface area contributed by atoms with E-state index in [2.05, 4.69) is 98.9 Å². The van der Waals surface area contributed by atoms with E-state index < -0.39 is 26.5 Å². The first-order valence-corrected chi connectivity index (χ1v) is 41.6. The van der Waals surface area contributed by atoms with Crippen molar-refractivity contribution in [3.8, 4) is 0 Å². The summed E-state index contributed by atoms with van der Waals surface area (Å²) in [6, 6.07) is 0. The van der Waals surface area contributed by atoms with Crippen LogP contribution in [0.1, 0.15) is 399 Å². The summed E-state index contributed by atoms with van der Waals surface area (Å²) in [4.78, 5) is 35.5. The van der Waals surface area contributed by atoms with Crippen LogP contribution in [0.4, 0.5) is 0 Å². The lowest BCUT2D eigenvalue weighted by atomic mass is 10.0. The molecule has 2 unspecified atom stereocenters. The quantitative estimate of drug-likeness (QED) is 0.0264. The topological polar surface area (TPSA) is 134 Å². The lowest BCUT2D eigenvalue weighted by Crippen LogP contribution is -2.29. The summed E-state index contributed by atoms with van der Waals surface area (Å²) in [6.07, 6.45) is 106. The highest BCUT2D eigenvalue weighted by atomic mass is 31.2. The van der Waals surface area contributed by atoms with E-state index in [1.54, 1.807) is 0 Å². The van der Waals surface area contributed by atoms with Gasteiger partial charge >= 0.3 is 19.8 Å². The molecule has 0 aromatic heterocycles. The SMILES string of the molecule is CC/C=C\C/C=C\C/C=C\C/C=C\CCCCCCCCCCCCCCCCCCCCCCCCC(=O)OC(COC(=O)CCCCCCCCCCCCCCCCCCCCCCCC/C=C\C/C=C\C/C=C\CCCCCCC)COP(=O)(O)OCCN. The highest BCUT2D eigenvalue weighted by Gasteiger charge is 2.26. The summed E-state index contributed by atoms with van der Waals surface area (Å²) in [5.41, 5.74) is 5.42. The van der Waals surface area contributed by atoms with E-state index in [0.29, 0.717) is 6.42 Å². The van der Waals surface area contributed by atoms with Crippen molar-refractivity contribution in [1.82, 2.24) is 0 Å². The molecule has 0 heterocycles. The van der Waals surface area contributed by atoms with E-state index in [-0.39, 0.29) is 38.6 Å². The number of hydrogen-bond donors (Lipinski definition) is 2. The van der Waals surface area contributed by atoms with Crippen LogP contribution in [0, 0.1) is 0 Å². The van der Waals surface area contributed by atoms with E-state index >= 15 is 0 Å². The van der Waals surface area contributed by atoms with Crippen molar-refractivity contribution in [2.75, 3.05) is 26.4 Å². The Morgan fingerprint density at radius 3 is 0.882 bits per heavy atom. The highest BCUT2D eigenvalue weighted by Crippen LogP contribution is 2.43. The summed E-state index contributed by atoms with van der Waals surface area (Å²) in [5, 5.41) is 0. The predicted molar refractivity (Wildman–Crippen MR) is 404 cm³/mol. The van der Waals surface area contributed by atoms with Gasteiger partial charge in [0.05, 0.1) is 13.2 Å². The lowest BCUT2D eigenvalue weighted by molar-refractivity contribution is -0.161. The first-order valence-electron chi connectivity index (χ1n) is 40.1. The van der Waals surface area contributed by atoms with Crippen molar-refractivity contribution < 1.29 is 37.6 Å². The summed E-state index contributed by atoms with van der Waals surface area (Å²) >= 11 is 0. The molecule has 93 heavy (non-hydrogen) atoms. The van der Waals surface area contributed by atoms with E-state index in [0.717, 1.165) is 70.6 Å². The molecule has 3 N–H and O–H groups in total. The molecule has 542 valence electrons. The van der Waals surface area contributed by atoms with E-state index in [9.17, 15) is 19.0 Å². The van der Waals surface area contributed by atoms with Gasteiger partial charge < -0.3 is 20.1 Å². The van der Waals surface area contributed by atoms with Crippen LogP contribution in [-0.2, 0) is 32.7 Å². The standard InChI is InChI=1S/C83H152NO8P/c1-3-5-7-9-11-13-15-17-19-21-23-25-27-29-31-33-35-37-39-40-42-43-45-47-49-51-53-55-57-59-61-63-65-67-69-71-73-75-82(85)89-79-81(80-91-93(87,88)90-78-77-84)92-83(86)76-74-72-70-68-66-64-62-60-58-56-54-52-50-48-46-44-41-38-36-34-32-30-28-26-24-22-20-18-16-14-12-10-8-6-4-2/h6,8,12,14-15,17-18,20-21,23-24,26-27,29,81H,3-5,7,9-11,13,16,19,22,25,28,30-80,84H2,1-2H3,(H,87,88)/b8-6-,14-12-,17-15-,20-18-,23-21-,26-24-,29-27-. The minimum Gasteiger partial charge on any atom is -0.462 e. The lowest BCUT2D eigenvalue weighted by Gasteiger charge is -2.19. The van der Waals surface area contributed by atoms with Gasteiger partial charge in [0, 0.05) is 19.4 Å². The third kappa shape index (κ3) is 78.1. The van der Waals surface area contributed by atoms with Crippen LogP contribution in [0.25, 0.3) is 0 Å². The number of rotatable bonds is 76. The van der Waals surface area contributed by atoms with Crippen molar-refractivity contribution >= 4 is 19.8 Å². The molecule has 0 rings (SSSR count). The number of ether oxygens (including phenoxy) is 2. The molecule has 9 nitrogen and oxygen atoms in total. The second-order valence-corrected chi connectivity index (χ2v) is 28.4. The molecular weight excluding hydrogens is 1170 g/mol. The predicted octanol–water partition coefficient (Wildman–Crippen LogP) is 26.9. The van der Waals surface area contributed by atoms with Gasteiger partial charge in [-0.3, -0.25) is 18.6 Å². The van der Waals surface area contributed by atoms with Crippen molar-refractivity contribution in [2.24, 2.45) is 5.73 Å². The van der Waals surface area contributed by atoms with Gasteiger partial charge in [-0.25, -0.2) is 4.57 Å². The summed E-state index contributed by atoms with van der Waals surface area (Å²) in [5.74, 6) is -0.806. The van der Waals surface area contributed by atoms with Crippen LogP contribution in [0.15, 0.2) is 85.1 Å². The van der Waals surface area contributed by atoms with Crippen LogP contribution in [-0.4, -0.2) is 49.3 Å². The molecule has 0 fully saturated rings. The second-order valence-electron chi connectivity index (χ2n) is 26.9. The van der Waals surface area contributed by atoms with E-state index in [1.165, 1.54) is 295 Å². The summed E-state index contributed by atoms with van der Waals surface area (Å²) in [7, 11) is -4.40. The fraction of sp³-hybridized carbons (Fsp3) is 0.807. The van der Waals surface area contributed by atoms with Crippen LogP contribution in [0.2, 0.25) is 0 Å². The van der Waals surface area contributed by atoms with Gasteiger partial charge in [0.1, 0.15) is 6.61 Å². The molecule has 0 bridgehead atoms. The van der Waals surface area contributed by atoms with Crippen LogP contribution in [0.3, 0.4) is 0 Å². The maximum Gasteiger partial charge on any atom is 0.472 e. The first-order chi connectivity index (χ1) is 45.8. The van der Waals surface area contributed by atoms with E-state index in [1.807, 2.05) is 0 Å². The number of carbonyl (C=O) groups excluding carboxylic acids is 2. The monoisotopic (exact) mass is 1320 g/mol.